The zero-order valence-electron chi connectivity index (χ0n) is 20.8. The molecule has 188 valence electrons. The summed E-state index contributed by atoms with van der Waals surface area (Å²) in [6.07, 6.45) is 5.20. The van der Waals surface area contributed by atoms with Crippen LogP contribution in [0, 0.1) is 26.7 Å². The zero-order chi connectivity index (χ0) is 25.2. The summed E-state index contributed by atoms with van der Waals surface area (Å²) in [5.74, 6) is -0.166. The van der Waals surface area contributed by atoms with E-state index in [-0.39, 0.29) is 24.3 Å². The first-order valence-electron chi connectivity index (χ1n) is 12.4. The van der Waals surface area contributed by atoms with Gasteiger partial charge in [-0.25, -0.2) is 8.42 Å². The van der Waals surface area contributed by atoms with Crippen LogP contribution < -0.4 is 10.6 Å². The van der Waals surface area contributed by atoms with Crippen LogP contribution in [-0.2, 0) is 26.2 Å². The van der Waals surface area contributed by atoms with Gasteiger partial charge in [-0.3, -0.25) is 9.59 Å². The Hall–Kier alpha value is -2.71. The fourth-order valence-corrected chi connectivity index (χ4v) is 7.55. The molecule has 1 atom stereocenters. The molecule has 0 bridgehead atoms. The molecule has 4 rings (SSSR count). The number of rotatable bonds is 7. The minimum Gasteiger partial charge on any atom is -0.351 e. The summed E-state index contributed by atoms with van der Waals surface area (Å²) in [6, 6.07) is 10.4. The summed E-state index contributed by atoms with van der Waals surface area (Å²) < 4.78 is 28.4. The molecule has 8 heteroatoms. The van der Waals surface area contributed by atoms with E-state index in [1.807, 2.05) is 43.3 Å². The van der Waals surface area contributed by atoms with Crippen LogP contribution in [0.25, 0.3) is 0 Å². The van der Waals surface area contributed by atoms with Gasteiger partial charge < -0.3 is 10.6 Å². The fourth-order valence-electron chi connectivity index (χ4n) is 5.48. The quantitative estimate of drug-likeness (QED) is 0.599. The van der Waals surface area contributed by atoms with Crippen LogP contribution in [0.15, 0.2) is 41.3 Å². The molecule has 2 aromatic carbocycles. The first-order chi connectivity index (χ1) is 16.7. The third-order valence-electron chi connectivity index (χ3n) is 7.06. The minimum absolute atomic E-state index is 0.0529. The van der Waals surface area contributed by atoms with Gasteiger partial charge in [0.25, 0.3) is 0 Å². The van der Waals surface area contributed by atoms with E-state index in [4.69, 9.17) is 0 Å². The highest BCUT2D eigenvalue weighted by molar-refractivity contribution is 7.89. The fraction of sp³-hybridized carbons (Fsp3) is 0.481. The van der Waals surface area contributed by atoms with Crippen LogP contribution in [0.1, 0.15) is 60.8 Å². The summed E-state index contributed by atoms with van der Waals surface area (Å²) in [5, 5.41) is 5.90. The molecule has 1 unspecified atom stereocenters. The van der Waals surface area contributed by atoms with Gasteiger partial charge in [0.15, 0.2) is 0 Å². The number of carbonyl (C=O) groups is 2. The molecule has 2 amide bonds. The molecular formula is C27H35N3O4S. The highest BCUT2D eigenvalue weighted by Crippen LogP contribution is 2.31. The Kier molecular flexibility index (Phi) is 7.62. The van der Waals surface area contributed by atoms with Crippen LogP contribution >= 0.6 is 0 Å². The number of amides is 2. The van der Waals surface area contributed by atoms with Crippen LogP contribution in [0.4, 0.5) is 5.69 Å². The topological polar surface area (TPSA) is 95.6 Å². The lowest BCUT2D eigenvalue weighted by molar-refractivity contribution is -0.124. The number of anilines is 1. The number of hydrogen-bond donors (Lipinski definition) is 2. The van der Waals surface area contributed by atoms with Crippen molar-refractivity contribution in [3.63, 3.8) is 0 Å². The predicted octanol–water partition coefficient (Wildman–Crippen LogP) is 4.21. The van der Waals surface area contributed by atoms with E-state index < -0.39 is 16.1 Å². The van der Waals surface area contributed by atoms with E-state index in [0.29, 0.717) is 41.1 Å². The third kappa shape index (κ3) is 5.59. The lowest BCUT2D eigenvalue weighted by Gasteiger charge is -2.25. The highest BCUT2D eigenvalue weighted by Gasteiger charge is 2.40. The number of benzene rings is 2. The van der Waals surface area contributed by atoms with Crippen molar-refractivity contribution in [2.75, 3.05) is 11.9 Å². The SMILES string of the molecule is Cc1cc(C)c(S(=O)(=O)N2CCCC2C(=O)NCc2cccc(NC(=O)C3CCCC3)c2)c(C)c1. The molecule has 1 saturated heterocycles. The second-order valence-electron chi connectivity index (χ2n) is 9.89. The molecule has 0 spiro atoms. The molecule has 2 aliphatic rings. The van der Waals surface area contributed by atoms with Gasteiger partial charge in [-0.1, -0.05) is 42.7 Å². The molecule has 1 aliphatic heterocycles. The molecular weight excluding hydrogens is 462 g/mol. The number of nitrogens with zero attached hydrogens (tertiary/aromatic N) is 1. The molecule has 0 aromatic heterocycles. The van der Waals surface area contributed by atoms with Crippen molar-refractivity contribution in [3.05, 3.63) is 58.7 Å². The average Bonchev–Trinajstić information content (AvgIpc) is 3.49. The second kappa shape index (κ2) is 10.5. The van der Waals surface area contributed by atoms with E-state index in [0.717, 1.165) is 36.8 Å². The molecule has 1 saturated carbocycles. The van der Waals surface area contributed by atoms with Gasteiger partial charge in [0.05, 0.1) is 4.90 Å². The Morgan fingerprint density at radius 2 is 1.63 bits per heavy atom. The zero-order valence-corrected chi connectivity index (χ0v) is 21.6. The lowest BCUT2D eigenvalue weighted by atomic mass is 10.1. The average molecular weight is 498 g/mol. The molecule has 0 radical (unpaired) electrons. The summed E-state index contributed by atoms with van der Waals surface area (Å²) >= 11 is 0. The molecule has 1 heterocycles. The summed E-state index contributed by atoms with van der Waals surface area (Å²) in [7, 11) is -3.80. The van der Waals surface area contributed by atoms with Crippen molar-refractivity contribution in [1.29, 1.82) is 0 Å². The first-order valence-corrected chi connectivity index (χ1v) is 13.9. The number of sulfonamides is 1. The van der Waals surface area contributed by atoms with Crippen molar-refractivity contribution < 1.29 is 18.0 Å². The van der Waals surface area contributed by atoms with Gasteiger partial charge in [-0.15, -0.1) is 0 Å². The summed E-state index contributed by atoms with van der Waals surface area (Å²) in [6.45, 7) is 6.14. The Bertz CT molecular complexity index is 1200. The molecule has 1 aliphatic carbocycles. The number of aryl methyl sites for hydroxylation is 3. The lowest BCUT2D eigenvalue weighted by Crippen LogP contribution is -2.45. The van der Waals surface area contributed by atoms with Crippen molar-refractivity contribution in [3.8, 4) is 0 Å². The largest absolute Gasteiger partial charge is 0.351 e. The number of hydrogen-bond acceptors (Lipinski definition) is 4. The monoisotopic (exact) mass is 497 g/mol. The normalized spacial score (nSPS) is 19.1. The van der Waals surface area contributed by atoms with Crippen LogP contribution in [-0.4, -0.2) is 37.1 Å². The Balaban J connectivity index is 1.42. The molecule has 35 heavy (non-hydrogen) atoms. The summed E-state index contributed by atoms with van der Waals surface area (Å²) in [5.41, 5.74) is 3.97. The Labute approximate surface area is 208 Å². The number of carbonyl (C=O) groups excluding carboxylic acids is 2. The van der Waals surface area contributed by atoms with Gasteiger partial charge in [0.1, 0.15) is 6.04 Å². The van der Waals surface area contributed by atoms with Crippen molar-refractivity contribution in [2.24, 2.45) is 5.92 Å². The minimum atomic E-state index is -3.80. The maximum atomic E-state index is 13.5. The molecule has 7 nitrogen and oxygen atoms in total. The van der Waals surface area contributed by atoms with E-state index in [1.165, 1.54) is 4.31 Å². The van der Waals surface area contributed by atoms with E-state index in [2.05, 4.69) is 10.6 Å². The second-order valence-corrected chi connectivity index (χ2v) is 11.7. The van der Waals surface area contributed by atoms with E-state index in [1.54, 1.807) is 13.8 Å². The standard InChI is InChI=1S/C27H35N3O4S/c1-18-14-19(2)25(20(3)15-18)35(33,34)30-13-7-12-24(30)27(32)28-17-21-8-6-11-23(16-21)29-26(31)22-9-4-5-10-22/h6,8,11,14-16,22,24H,4-5,7,9-10,12-13,17H2,1-3H3,(H,28,32)(H,29,31). The third-order valence-corrected chi connectivity index (χ3v) is 9.28. The Morgan fingerprint density at radius 1 is 0.943 bits per heavy atom. The molecule has 2 N–H and O–H groups in total. The van der Waals surface area contributed by atoms with Crippen LogP contribution in [0.3, 0.4) is 0 Å². The summed E-state index contributed by atoms with van der Waals surface area (Å²) in [4.78, 5) is 25.8. The van der Waals surface area contributed by atoms with Gasteiger partial charge >= 0.3 is 0 Å². The van der Waals surface area contributed by atoms with E-state index in [9.17, 15) is 18.0 Å². The Morgan fingerprint density at radius 3 is 2.31 bits per heavy atom. The van der Waals surface area contributed by atoms with Gasteiger partial charge in [0.2, 0.25) is 21.8 Å². The van der Waals surface area contributed by atoms with Crippen LogP contribution in [0.5, 0.6) is 0 Å². The highest BCUT2D eigenvalue weighted by atomic mass is 32.2. The maximum Gasteiger partial charge on any atom is 0.244 e. The smallest absolute Gasteiger partial charge is 0.244 e. The maximum absolute atomic E-state index is 13.5. The van der Waals surface area contributed by atoms with E-state index >= 15 is 0 Å². The molecule has 2 fully saturated rings. The van der Waals surface area contributed by atoms with Gasteiger partial charge in [-0.2, -0.15) is 4.31 Å². The van der Waals surface area contributed by atoms with Gasteiger partial charge in [0, 0.05) is 24.7 Å². The molecule has 2 aromatic rings. The van der Waals surface area contributed by atoms with Gasteiger partial charge in [-0.05, 0) is 75.3 Å². The number of nitrogens with one attached hydrogen (secondary N) is 2. The van der Waals surface area contributed by atoms with Crippen molar-refractivity contribution in [1.82, 2.24) is 9.62 Å². The van der Waals surface area contributed by atoms with Crippen molar-refractivity contribution >= 4 is 27.5 Å². The van der Waals surface area contributed by atoms with Crippen LogP contribution in [0.2, 0.25) is 0 Å². The first kappa shape index (κ1) is 25.4. The predicted molar refractivity (Wildman–Crippen MR) is 136 cm³/mol. The van der Waals surface area contributed by atoms with Crippen molar-refractivity contribution in [2.45, 2.75) is 76.8 Å².